The number of halogens is 1. The fraction of sp³-hybridized carbons (Fsp3) is 0.588. The molecule has 0 heterocycles. The number of carbonyl (C=O) groups excluding carboxylic acids is 1. The Kier molecular flexibility index (Phi) is 6.69. The van der Waals surface area contributed by atoms with E-state index in [1.54, 1.807) is 0 Å². The van der Waals surface area contributed by atoms with Crippen LogP contribution in [0.25, 0.3) is 0 Å². The van der Waals surface area contributed by atoms with Crippen molar-refractivity contribution in [1.29, 1.82) is 0 Å². The van der Waals surface area contributed by atoms with Crippen LogP contribution in [0.2, 0.25) is 5.02 Å². The fourth-order valence-corrected chi connectivity index (χ4v) is 2.57. The minimum atomic E-state index is -0.254. The highest BCUT2D eigenvalue weighted by atomic mass is 35.5. The summed E-state index contributed by atoms with van der Waals surface area (Å²) in [6.45, 7) is 9.24. The zero-order chi connectivity index (χ0) is 16.8. The SMILES string of the molecule is CC(C)(CCO)CNC(=O)NCC(C)(C)c1ccccc1Cl. The lowest BCUT2D eigenvalue weighted by Crippen LogP contribution is -2.45. The van der Waals surface area contributed by atoms with Crippen molar-refractivity contribution in [3.05, 3.63) is 34.9 Å². The lowest BCUT2D eigenvalue weighted by molar-refractivity contribution is 0.200. The standard InChI is InChI=1S/C17H27ClN2O2/c1-16(2,9-10-21)11-19-15(22)20-12-17(3,4)13-7-5-6-8-14(13)18/h5-8,21H,9-12H2,1-4H3,(H2,19,20,22). The highest BCUT2D eigenvalue weighted by molar-refractivity contribution is 6.31. The van der Waals surface area contributed by atoms with Gasteiger partial charge in [0.1, 0.15) is 0 Å². The molecule has 3 N–H and O–H groups in total. The Morgan fingerprint density at radius 1 is 1.14 bits per heavy atom. The molecule has 1 aromatic rings. The number of hydrogen-bond donors (Lipinski definition) is 3. The van der Waals surface area contributed by atoms with Crippen molar-refractivity contribution in [1.82, 2.24) is 10.6 Å². The second kappa shape index (κ2) is 7.84. The number of rotatable bonds is 7. The molecule has 0 atom stereocenters. The summed E-state index contributed by atoms with van der Waals surface area (Å²) >= 11 is 6.23. The Labute approximate surface area is 138 Å². The van der Waals surface area contributed by atoms with E-state index in [1.807, 2.05) is 52.0 Å². The molecule has 22 heavy (non-hydrogen) atoms. The number of aliphatic hydroxyl groups is 1. The first-order chi connectivity index (χ1) is 10.2. The van der Waals surface area contributed by atoms with Crippen LogP contribution in [0.15, 0.2) is 24.3 Å². The van der Waals surface area contributed by atoms with Crippen molar-refractivity contribution in [3.8, 4) is 0 Å². The number of benzene rings is 1. The van der Waals surface area contributed by atoms with E-state index < -0.39 is 0 Å². The largest absolute Gasteiger partial charge is 0.396 e. The lowest BCUT2D eigenvalue weighted by atomic mass is 9.84. The van der Waals surface area contributed by atoms with Gasteiger partial charge in [-0.3, -0.25) is 0 Å². The van der Waals surface area contributed by atoms with Gasteiger partial charge in [-0.05, 0) is 23.5 Å². The molecule has 0 unspecified atom stereocenters. The average Bonchev–Trinajstić information content (AvgIpc) is 2.43. The highest BCUT2D eigenvalue weighted by Gasteiger charge is 2.24. The van der Waals surface area contributed by atoms with Crippen LogP contribution in [0.3, 0.4) is 0 Å². The summed E-state index contributed by atoms with van der Waals surface area (Å²) in [5.74, 6) is 0. The molecule has 1 aromatic carbocycles. The zero-order valence-corrected chi connectivity index (χ0v) is 14.6. The molecule has 0 radical (unpaired) electrons. The number of amides is 2. The Hall–Kier alpha value is -1.26. The highest BCUT2D eigenvalue weighted by Crippen LogP contribution is 2.28. The van der Waals surface area contributed by atoms with Crippen LogP contribution in [-0.2, 0) is 5.41 Å². The van der Waals surface area contributed by atoms with Gasteiger partial charge in [0.05, 0.1) is 0 Å². The Bertz CT molecular complexity index is 501. The van der Waals surface area contributed by atoms with Gasteiger partial charge in [0.15, 0.2) is 0 Å². The van der Waals surface area contributed by atoms with E-state index in [-0.39, 0.29) is 23.5 Å². The van der Waals surface area contributed by atoms with Gasteiger partial charge in [0, 0.05) is 30.1 Å². The Balaban J connectivity index is 2.51. The van der Waals surface area contributed by atoms with E-state index >= 15 is 0 Å². The van der Waals surface area contributed by atoms with Crippen molar-refractivity contribution in [3.63, 3.8) is 0 Å². The number of hydrogen-bond acceptors (Lipinski definition) is 2. The number of carbonyl (C=O) groups is 1. The van der Waals surface area contributed by atoms with E-state index in [1.165, 1.54) is 0 Å². The third kappa shape index (κ3) is 5.85. The third-order valence-corrected chi connectivity index (χ3v) is 4.14. The minimum Gasteiger partial charge on any atom is -0.396 e. The van der Waals surface area contributed by atoms with Crippen molar-refractivity contribution in [2.75, 3.05) is 19.7 Å². The van der Waals surface area contributed by atoms with E-state index in [2.05, 4.69) is 10.6 Å². The average molecular weight is 327 g/mol. The van der Waals surface area contributed by atoms with Crippen LogP contribution in [0.5, 0.6) is 0 Å². The Morgan fingerprint density at radius 2 is 1.73 bits per heavy atom. The third-order valence-electron chi connectivity index (χ3n) is 3.81. The van der Waals surface area contributed by atoms with Gasteiger partial charge in [0.2, 0.25) is 0 Å². The molecule has 2 amide bonds. The van der Waals surface area contributed by atoms with Crippen LogP contribution >= 0.6 is 11.6 Å². The van der Waals surface area contributed by atoms with Crippen LogP contribution in [0.1, 0.15) is 39.7 Å². The van der Waals surface area contributed by atoms with Crippen molar-refractivity contribution in [2.24, 2.45) is 5.41 Å². The van der Waals surface area contributed by atoms with Crippen molar-refractivity contribution >= 4 is 17.6 Å². The van der Waals surface area contributed by atoms with Crippen molar-refractivity contribution < 1.29 is 9.90 Å². The van der Waals surface area contributed by atoms with Crippen LogP contribution in [-0.4, -0.2) is 30.8 Å². The first-order valence-electron chi connectivity index (χ1n) is 7.55. The smallest absolute Gasteiger partial charge is 0.314 e. The van der Waals surface area contributed by atoms with E-state index in [0.29, 0.717) is 24.5 Å². The molecule has 0 fully saturated rings. The molecule has 0 spiro atoms. The molecule has 0 aliphatic rings. The molecule has 0 saturated heterocycles. The zero-order valence-electron chi connectivity index (χ0n) is 13.9. The van der Waals surface area contributed by atoms with Crippen LogP contribution < -0.4 is 10.6 Å². The fourth-order valence-electron chi connectivity index (χ4n) is 2.18. The quantitative estimate of drug-likeness (QED) is 0.719. The first-order valence-corrected chi connectivity index (χ1v) is 7.93. The van der Waals surface area contributed by atoms with E-state index in [0.717, 1.165) is 5.56 Å². The van der Waals surface area contributed by atoms with E-state index in [4.69, 9.17) is 16.7 Å². The summed E-state index contributed by atoms with van der Waals surface area (Å²) in [5.41, 5.74) is 0.637. The topological polar surface area (TPSA) is 61.4 Å². The molecular weight excluding hydrogens is 300 g/mol. The molecular formula is C17H27ClN2O2. The van der Waals surface area contributed by atoms with Gasteiger partial charge in [-0.2, -0.15) is 0 Å². The predicted octanol–water partition coefficient (Wildman–Crippen LogP) is 3.33. The molecule has 1 rings (SSSR count). The number of nitrogens with one attached hydrogen (secondary N) is 2. The second-order valence-corrected chi connectivity index (χ2v) is 7.44. The van der Waals surface area contributed by atoms with Gasteiger partial charge >= 0.3 is 6.03 Å². The summed E-state index contributed by atoms with van der Waals surface area (Å²) in [6, 6.07) is 7.47. The minimum absolute atomic E-state index is 0.121. The van der Waals surface area contributed by atoms with Gasteiger partial charge in [-0.1, -0.05) is 57.5 Å². The van der Waals surface area contributed by atoms with E-state index in [9.17, 15) is 4.79 Å². The second-order valence-electron chi connectivity index (χ2n) is 7.04. The summed E-state index contributed by atoms with van der Waals surface area (Å²) in [4.78, 5) is 11.9. The van der Waals surface area contributed by atoms with Crippen LogP contribution in [0.4, 0.5) is 4.79 Å². The monoisotopic (exact) mass is 326 g/mol. The first kappa shape index (κ1) is 18.8. The molecule has 124 valence electrons. The van der Waals surface area contributed by atoms with Gasteiger partial charge in [-0.25, -0.2) is 4.79 Å². The summed E-state index contributed by atoms with van der Waals surface area (Å²) in [7, 11) is 0. The number of urea groups is 1. The van der Waals surface area contributed by atoms with Crippen LogP contribution in [0, 0.1) is 5.41 Å². The molecule has 0 bridgehead atoms. The maximum absolute atomic E-state index is 11.9. The molecule has 5 heteroatoms. The van der Waals surface area contributed by atoms with Gasteiger partial charge in [-0.15, -0.1) is 0 Å². The molecule has 0 aliphatic heterocycles. The normalized spacial score (nSPS) is 12.1. The Morgan fingerprint density at radius 3 is 2.32 bits per heavy atom. The van der Waals surface area contributed by atoms with Gasteiger partial charge < -0.3 is 15.7 Å². The van der Waals surface area contributed by atoms with Gasteiger partial charge in [0.25, 0.3) is 0 Å². The molecule has 0 aromatic heterocycles. The molecule has 4 nitrogen and oxygen atoms in total. The maximum atomic E-state index is 11.9. The lowest BCUT2D eigenvalue weighted by Gasteiger charge is -2.28. The summed E-state index contributed by atoms with van der Waals surface area (Å²) in [6.07, 6.45) is 0.651. The molecule has 0 aliphatic carbocycles. The van der Waals surface area contributed by atoms with Crippen molar-refractivity contribution in [2.45, 2.75) is 39.5 Å². The number of aliphatic hydroxyl groups excluding tert-OH is 1. The predicted molar refractivity (Wildman–Crippen MR) is 91.4 cm³/mol. The molecule has 0 saturated carbocycles. The summed E-state index contributed by atoms with van der Waals surface area (Å²) in [5, 5.41) is 15.4. The summed E-state index contributed by atoms with van der Waals surface area (Å²) < 4.78 is 0. The maximum Gasteiger partial charge on any atom is 0.314 e.